The van der Waals surface area contributed by atoms with E-state index >= 15 is 0 Å². The zero-order valence-corrected chi connectivity index (χ0v) is 16.0. The summed E-state index contributed by atoms with van der Waals surface area (Å²) in [5.41, 5.74) is 11.2. The number of aryl methyl sites for hydroxylation is 1. The van der Waals surface area contributed by atoms with Crippen LogP contribution in [0.2, 0.25) is 5.02 Å². The van der Waals surface area contributed by atoms with Crippen LogP contribution in [0.25, 0.3) is 22.3 Å². The summed E-state index contributed by atoms with van der Waals surface area (Å²) in [6.07, 6.45) is 2.37. The number of primary amides is 1. The lowest BCUT2D eigenvalue weighted by Gasteiger charge is -2.14. The summed E-state index contributed by atoms with van der Waals surface area (Å²) in [6, 6.07) is 17.5. The van der Waals surface area contributed by atoms with Crippen molar-refractivity contribution in [3.05, 3.63) is 76.9 Å². The van der Waals surface area contributed by atoms with Gasteiger partial charge in [0.05, 0.1) is 11.3 Å². The SMILES string of the molecule is CCc1ccccc1Nc1c(C(N)=O)cnc2[nH]c(-c3ccc(Cl)cc3)cc12. The molecule has 0 fully saturated rings. The minimum absolute atomic E-state index is 0.347. The average molecular weight is 391 g/mol. The van der Waals surface area contributed by atoms with Crippen molar-refractivity contribution in [3.63, 3.8) is 0 Å². The molecule has 140 valence electrons. The Labute approximate surface area is 167 Å². The summed E-state index contributed by atoms with van der Waals surface area (Å²) in [5, 5.41) is 4.88. The number of fused-ring (bicyclic) bond motifs is 1. The monoisotopic (exact) mass is 390 g/mol. The molecule has 0 saturated heterocycles. The van der Waals surface area contributed by atoms with Gasteiger partial charge >= 0.3 is 0 Å². The molecule has 28 heavy (non-hydrogen) atoms. The first-order chi connectivity index (χ1) is 13.6. The van der Waals surface area contributed by atoms with Gasteiger partial charge in [-0.05, 0) is 41.8 Å². The number of nitrogens with two attached hydrogens (primary N) is 1. The molecule has 0 aliphatic rings. The summed E-state index contributed by atoms with van der Waals surface area (Å²) < 4.78 is 0. The first-order valence-electron chi connectivity index (χ1n) is 8.99. The summed E-state index contributed by atoms with van der Waals surface area (Å²) in [4.78, 5) is 19.7. The van der Waals surface area contributed by atoms with Crippen LogP contribution >= 0.6 is 11.6 Å². The van der Waals surface area contributed by atoms with E-state index in [-0.39, 0.29) is 0 Å². The second-order valence-corrected chi connectivity index (χ2v) is 6.94. The average Bonchev–Trinajstić information content (AvgIpc) is 3.13. The van der Waals surface area contributed by atoms with Crippen molar-refractivity contribution in [2.45, 2.75) is 13.3 Å². The number of nitrogens with zero attached hydrogens (tertiary/aromatic N) is 1. The number of anilines is 2. The Bertz CT molecular complexity index is 1170. The Hall–Kier alpha value is -3.31. The molecular weight excluding hydrogens is 372 g/mol. The van der Waals surface area contributed by atoms with Gasteiger partial charge in [-0.3, -0.25) is 4.79 Å². The van der Waals surface area contributed by atoms with Crippen LogP contribution in [-0.2, 0) is 6.42 Å². The number of hydrogen-bond donors (Lipinski definition) is 3. The molecule has 2 aromatic heterocycles. The Kier molecular flexibility index (Phi) is 4.75. The highest BCUT2D eigenvalue weighted by atomic mass is 35.5. The van der Waals surface area contributed by atoms with Crippen LogP contribution in [0.15, 0.2) is 60.8 Å². The van der Waals surface area contributed by atoms with Gasteiger partial charge in [0.1, 0.15) is 5.65 Å². The molecule has 0 bridgehead atoms. The van der Waals surface area contributed by atoms with Crippen LogP contribution in [0, 0.1) is 0 Å². The number of carbonyl (C=O) groups is 1. The third-order valence-corrected chi connectivity index (χ3v) is 4.99. The van der Waals surface area contributed by atoms with Crippen LogP contribution in [0.4, 0.5) is 11.4 Å². The molecule has 4 N–H and O–H groups in total. The third kappa shape index (κ3) is 3.32. The lowest BCUT2D eigenvalue weighted by atomic mass is 10.1. The highest BCUT2D eigenvalue weighted by Gasteiger charge is 2.17. The number of hydrogen-bond acceptors (Lipinski definition) is 3. The van der Waals surface area contributed by atoms with Gasteiger partial charge in [-0.2, -0.15) is 0 Å². The number of aromatic amines is 1. The van der Waals surface area contributed by atoms with Gasteiger partial charge in [-0.1, -0.05) is 48.9 Å². The maximum Gasteiger partial charge on any atom is 0.252 e. The smallest absolute Gasteiger partial charge is 0.252 e. The Morgan fingerprint density at radius 3 is 2.64 bits per heavy atom. The molecule has 5 nitrogen and oxygen atoms in total. The van der Waals surface area contributed by atoms with Crippen molar-refractivity contribution in [2.75, 3.05) is 5.32 Å². The molecule has 2 heterocycles. The highest BCUT2D eigenvalue weighted by molar-refractivity contribution is 6.30. The van der Waals surface area contributed by atoms with Crippen LogP contribution < -0.4 is 11.1 Å². The van der Waals surface area contributed by atoms with E-state index in [9.17, 15) is 4.79 Å². The van der Waals surface area contributed by atoms with Gasteiger partial charge in [0.2, 0.25) is 0 Å². The fourth-order valence-electron chi connectivity index (χ4n) is 3.27. The second kappa shape index (κ2) is 7.37. The molecule has 0 radical (unpaired) electrons. The highest BCUT2D eigenvalue weighted by Crippen LogP contribution is 2.33. The van der Waals surface area contributed by atoms with Gasteiger partial charge in [0.15, 0.2) is 0 Å². The molecule has 0 aliphatic heterocycles. The van der Waals surface area contributed by atoms with Crippen LogP contribution in [0.3, 0.4) is 0 Å². The summed E-state index contributed by atoms with van der Waals surface area (Å²) in [7, 11) is 0. The van der Waals surface area contributed by atoms with E-state index in [4.69, 9.17) is 17.3 Å². The molecule has 0 atom stereocenters. The molecule has 0 unspecified atom stereocenters. The maximum absolute atomic E-state index is 12.0. The van der Waals surface area contributed by atoms with Crippen LogP contribution in [-0.4, -0.2) is 15.9 Å². The standard InChI is InChI=1S/C22H19ClN4O/c1-2-13-5-3-4-6-18(13)26-20-16-11-19(14-7-9-15(23)10-8-14)27-22(16)25-12-17(20)21(24)28/h3-12H,2H2,1H3,(H2,24,28)(H2,25,26,27). The predicted octanol–water partition coefficient (Wildman–Crippen LogP) is 5.29. The molecule has 0 spiro atoms. The molecular formula is C22H19ClN4O. The number of carbonyl (C=O) groups excluding carboxylic acids is 1. The number of H-pyrrole nitrogens is 1. The first kappa shape index (κ1) is 18.1. The zero-order valence-electron chi connectivity index (χ0n) is 15.3. The van der Waals surface area contributed by atoms with Crippen molar-refractivity contribution >= 4 is 39.9 Å². The molecule has 4 aromatic rings. The number of para-hydroxylation sites is 1. The van der Waals surface area contributed by atoms with Gasteiger partial charge in [0.25, 0.3) is 5.91 Å². The minimum atomic E-state index is -0.528. The number of halogens is 1. The van der Waals surface area contributed by atoms with E-state index in [1.807, 2.05) is 48.5 Å². The molecule has 0 aliphatic carbocycles. The van der Waals surface area contributed by atoms with Crippen molar-refractivity contribution in [2.24, 2.45) is 5.73 Å². The van der Waals surface area contributed by atoms with Crippen LogP contribution in [0.1, 0.15) is 22.8 Å². The van der Waals surface area contributed by atoms with E-state index in [0.29, 0.717) is 21.9 Å². The van der Waals surface area contributed by atoms with E-state index in [1.54, 1.807) is 0 Å². The predicted molar refractivity (Wildman–Crippen MR) is 114 cm³/mol. The quantitative estimate of drug-likeness (QED) is 0.433. The van der Waals surface area contributed by atoms with Crippen molar-refractivity contribution < 1.29 is 4.79 Å². The molecule has 6 heteroatoms. The van der Waals surface area contributed by atoms with Crippen LogP contribution in [0.5, 0.6) is 0 Å². The fourth-order valence-corrected chi connectivity index (χ4v) is 3.39. The number of benzene rings is 2. The molecule has 4 rings (SSSR count). The lowest BCUT2D eigenvalue weighted by molar-refractivity contribution is 0.100. The van der Waals surface area contributed by atoms with E-state index in [2.05, 4.69) is 28.3 Å². The zero-order chi connectivity index (χ0) is 19.7. The fraction of sp³-hybridized carbons (Fsp3) is 0.0909. The molecule has 0 saturated carbocycles. The maximum atomic E-state index is 12.0. The normalized spacial score (nSPS) is 10.9. The topological polar surface area (TPSA) is 83.8 Å². The number of nitrogens with one attached hydrogen (secondary N) is 2. The lowest BCUT2D eigenvalue weighted by Crippen LogP contribution is -2.14. The summed E-state index contributed by atoms with van der Waals surface area (Å²) in [5.74, 6) is -0.528. The minimum Gasteiger partial charge on any atom is -0.365 e. The molecule has 2 aromatic carbocycles. The Morgan fingerprint density at radius 1 is 1.18 bits per heavy atom. The van der Waals surface area contributed by atoms with Gasteiger partial charge in [-0.25, -0.2) is 4.98 Å². The number of aromatic nitrogens is 2. The largest absolute Gasteiger partial charge is 0.365 e. The van der Waals surface area contributed by atoms with Gasteiger partial charge in [-0.15, -0.1) is 0 Å². The summed E-state index contributed by atoms with van der Waals surface area (Å²) >= 11 is 5.99. The number of pyridine rings is 1. The van der Waals surface area contributed by atoms with Gasteiger partial charge < -0.3 is 16.0 Å². The van der Waals surface area contributed by atoms with Crippen molar-refractivity contribution in [1.82, 2.24) is 9.97 Å². The van der Waals surface area contributed by atoms with Crippen molar-refractivity contribution in [3.8, 4) is 11.3 Å². The van der Waals surface area contributed by atoms with E-state index in [0.717, 1.165) is 34.3 Å². The summed E-state index contributed by atoms with van der Waals surface area (Å²) in [6.45, 7) is 2.09. The van der Waals surface area contributed by atoms with Crippen molar-refractivity contribution in [1.29, 1.82) is 0 Å². The Balaban J connectivity index is 1.88. The van der Waals surface area contributed by atoms with E-state index in [1.165, 1.54) is 6.20 Å². The first-order valence-corrected chi connectivity index (χ1v) is 9.37. The third-order valence-electron chi connectivity index (χ3n) is 4.74. The van der Waals surface area contributed by atoms with E-state index < -0.39 is 5.91 Å². The number of amides is 1. The number of rotatable bonds is 5. The second-order valence-electron chi connectivity index (χ2n) is 6.50. The van der Waals surface area contributed by atoms with Gasteiger partial charge in [0, 0.05) is 28.0 Å². The molecule has 1 amide bonds. The Morgan fingerprint density at radius 2 is 1.93 bits per heavy atom.